The van der Waals surface area contributed by atoms with Gasteiger partial charge in [-0.05, 0) is 55.8 Å². The van der Waals surface area contributed by atoms with Gasteiger partial charge in [-0.3, -0.25) is 20.4 Å². The fourth-order valence-electron chi connectivity index (χ4n) is 2.29. The van der Waals surface area contributed by atoms with Crippen LogP contribution in [0.3, 0.4) is 0 Å². The van der Waals surface area contributed by atoms with Crippen LogP contribution in [-0.2, 0) is 16.0 Å². The molecule has 0 atom stereocenters. The number of hydrazine groups is 1. The number of rotatable bonds is 9. The number of carbonyl (C=O) groups is 2. The standard InChI is InChI=1S/C20H23ClN2O5/c1-3-26-17-10-5-14(11-18(17)27-4-2)12-19(24)22-23-20(25)13-28-16-8-6-15(21)7-9-16/h5-11H,3-4,12-13H2,1-2H3,(H,22,24)(H,23,25). The zero-order chi connectivity index (χ0) is 20.4. The van der Waals surface area contributed by atoms with Gasteiger partial charge in [0.25, 0.3) is 5.91 Å². The van der Waals surface area contributed by atoms with Crippen molar-refractivity contribution >= 4 is 23.4 Å². The average molecular weight is 407 g/mol. The molecule has 0 fully saturated rings. The summed E-state index contributed by atoms with van der Waals surface area (Å²) < 4.78 is 16.3. The molecular weight excluding hydrogens is 384 g/mol. The summed E-state index contributed by atoms with van der Waals surface area (Å²) in [6.07, 6.45) is 0.0742. The fourth-order valence-corrected chi connectivity index (χ4v) is 2.42. The SMILES string of the molecule is CCOc1ccc(CC(=O)NNC(=O)COc2ccc(Cl)cc2)cc1OCC. The fraction of sp³-hybridized carbons (Fsp3) is 0.300. The molecule has 0 aliphatic heterocycles. The van der Waals surface area contributed by atoms with E-state index >= 15 is 0 Å². The zero-order valence-electron chi connectivity index (χ0n) is 15.8. The van der Waals surface area contributed by atoms with Crippen LogP contribution in [0.15, 0.2) is 42.5 Å². The van der Waals surface area contributed by atoms with Crippen LogP contribution < -0.4 is 25.1 Å². The minimum Gasteiger partial charge on any atom is -0.490 e. The lowest BCUT2D eigenvalue weighted by atomic mass is 10.1. The molecule has 0 unspecified atom stereocenters. The predicted molar refractivity (Wildman–Crippen MR) is 106 cm³/mol. The predicted octanol–water partition coefficient (Wildman–Crippen LogP) is 2.91. The summed E-state index contributed by atoms with van der Waals surface area (Å²) in [4.78, 5) is 23.8. The Balaban J connectivity index is 1.80. The van der Waals surface area contributed by atoms with Gasteiger partial charge in [0.05, 0.1) is 19.6 Å². The van der Waals surface area contributed by atoms with E-state index in [1.54, 1.807) is 42.5 Å². The lowest BCUT2D eigenvalue weighted by Crippen LogP contribution is -2.44. The van der Waals surface area contributed by atoms with Gasteiger partial charge in [0.15, 0.2) is 18.1 Å². The Morgan fingerprint density at radius 3 is 2.18 bits per heavy atom. The van der Waals surface area contributed by atoms with Gasteiger partial charge >= 0.3 is 0 Å². The largest absolute Gasteiger partial charge is 0.490 e. The van der Waals surface area contributed by atoms with E-state index in [1.807, 2.05) is 13.8 Å². The quantitative estimate of drug-likeness (QED) is 0.625. The summed E-state index contributed by atoms with van der Waals surface area (Å²) in [7, 11) is 0. The maximum atomic E-state index is 12.1. The Bertz CT molecular complexity index is 796. The van der Waals surface area contributed by atoms with Gasteiger partial charge in [-0.1, -0.05) is 17.7 Å². The lowest BCUT2D eigenvalue weighted by Gasteiger charge is -2.13. The van der Waals surface area contributed by atoms with Crippen molar-refractivity contribution in [2.45, 2.75) is 20.3 Å². The number of nitrogens with one attached hydrogen (secondary N) is 2. The van der Waals surface area contributed by atoms with E-state index in [0.717, 1.165) is 5.56 Å². The van der Waals surface area contributed by atoms with Crippen molar-refractivity contribution < 1.29 is 23.8 Å². The van der Waals surface area contributed by atoms with Crippen molar-refractivity contribution in [3.8, 4) is 17.2 Å². The molecule has 0 saturated carbocycles. The number of halogens is 1. The maximum Gasteiger partial charge on any atom is 0.276 e. The van der Waals surface area contributed by atoms with E-state index in [4.69, 9.17) is 25.8 Å². The van der Waals surface area contributed by atoms with E-state index in [-0.39, 0.29) is 18.9 Å². The smallest absolute Gasteiger partial charge is 0.276 e. The third-order valence-electron chi connectivity index (χ3n) is 3.50. The molecule has 2 rings (SSSR count). The van der Waals surface area contributed by atoms with Crippen LogP contribution in [0.4, 0.5) is 0 Å². The molecule has 0 bridgehead atoms. The second-order valence-corrected chi connectivity index (χ2v) is 6.10. The van der Waals surface area contributed by atoms with E-state index in [9.17, 15) is 9.59 Å². The molecule has 28 heavy (non-hydrogen) atoms. The first-order valence-electron chi connectivity index (χ1n) is 8.86. The molecule has 2 N–H and O–H groups in total. The van der Waals surface area contributed by atoms with E-state index < -0.39 is 5.91 Å². The molecule has 0 aliphatic rings. The average Bonchev–Trinajstić information content (AvgIpc) is 2.68. The molecule has 0 saturated heterocycles. The van der Waals surface area contributed by atoms with Crippen LogP contribution in [0, 0.1) is 0 Å². The number of carbonyl (C=O) groups excluding carboxylic acids is 2. The van der Waals surface area contributed by atoms with Gasteiger partial charge < -0.3 is 14.2 Å². The lowest BCUT2D eigenvalue weighted by molar-refractivity contribution is -0.129. The van der Waals surface area contributed by atoms with Gasteiger partial charge in [-0.15, -0.1) is 0 Å². The second-order valence-electron chi connectivity index (χ2n) is 5.66. The van der Waals surface area contributed by atoms with Crippen molar-refractivity contribution in [2.24, 2.45) is 0 Å². The van der Waals surface area contributed by atoms with Crippen LogP contribution >= 0.6 is 11.6 Å². The number of benzene rings is 2. The molecule has 2 aromatic carbocycles. The summed E-state index contributed by atoms with van der Waals surface area (Å²) in [6.45, 7) is 4.52. The Kier molecular flexibility index (Phi) is 8.42. The molecular formula is C20H23ClN2O5. The van der Waals surface area contributed by atoms with Crippen molar-refractivity contribution in [2.75, 3.05) is 19.8 Å². The van der Waals surface area contributed by atoms with Crippen LogP contribution in [0.2, 0.25) is 5.02 Å². The van der Waals surface area contributed by atoms with Crippen LogP contribution in [-0.4, -0.2) is 31.6 Å². The van der Waals surface area contributed by atoms with Crippen molar-refractivity contribution in [3.05, 3.63) is 53.1 Å². The Morgan fingerprint density at radius 2 is 1.50 bits per heavy atom. The van der Waals surface area contributed by atoms with Gasteiger partial charge in [0.1, 0.15) is 5.75 Å². The molecule has 0 heterocycles. The van der Waals surface area contributed by atoms with Crippen LogP contribution in [0.25, 0.3) is 0 Å². The Hall–Kier alpha value is -2.93. The number of ether oxygens (including phenoxy) is 3. The Labute approximate surface area is 168 Å². The summed E-state index contributed by atoms with van der Waals surface area (Å²) in [5.41, 5.74) is 5.40. The third kappa shape index (κ3) is 7.00. The highest BCUT2D eigenvalue weighted by atomic mass is 35.5. The van der Waals surface area contributed by atoms with E-state index in [2.05, 4.69) is 10.9 Å². The summed E-state index contributed by atoms with van der Waals surface area (Å²) in [5, 5.41) is 0.575. The topological polar surface area (TPSA) is 85.9 Å². The molecule has 2 amide bonds. The normalized spacial score (nSPS) is 10.1. The number of hydrogen-bond acceptors (Lipinski definition) is 5. The monoisotopic (exact) mass is 406 g/mol. The van der Waals surface area contributed by atoms with Crippen LogP contribution in [0.1, 0.15) is 19.4 Å². The highest BCUT2D eigenvalue weighted by molar-refractivity contribution is 6.30. The molecule has 0 aliphatic carbocycles. The van der Waals surface area contributed by atoms with Crippen molar-refractivity contribution in [1.29, 1.82) is 0 Å². The molecule has 7 nitrogen and oxygen atoms in total. The van der Waals surface area contributed by atoms with Crippen molar-refractivity contribution in [1.82, 2.24) is 10.9 Å². The summed E-state index contributed by atoms with van der Waals surface area (Å²) in [5.74, 6) is 0.858. The molecule has 0 radical (unpaired) electrons. The summed E-state index contributed by atoms with van der Waals surface area (Å²) >= 11 is 5.78. The third-order valence-corrected chi connectivity index (χ3v) is 3.75. The minimum absolute atomic E-state index is 0.0742. The zero-order valence-corrected chi connectivity index (χ0v) is 16.5. The first kappa shape index (κ1) is 21.4. The van der Waals surface area contributed by atoms with E-state index in [0.29, 0.717) is 35.5 Å². The Morgan fingerprint density at radius 1 is 0.857 bits per heavy atom. The second kappa shape index (κ2) is 11.0. The van der Waals surface area contributed by atoms with Crippen molar-refractivity contribution in [3.63, 3.8) is 0 Å². The van der Waals surface area contributed by atoms with Gasteiger partial charge in [0, 0.05) is 5.02 Å². The number of amides is 2. The highest BCUT2D eigenvalue weighted by Crippen LogP contribution is 2.28. The molecule has 2 aromatic rings. The van der Waals surface area contributed by atoms with E-state index in [1.165, 1.54) is 0 Å². The first-order valence-corrected chi connectivity index (χ1v) is 9.24. The highest BCUT2D eigenvalue weighted by Gasteiger charge is 2.10. The minimum atomic E-state index is -0.481. The van der Waals surface area contributed by atoms with Gasteiger partial charge in [-0.25, -0.2) is 0 Å². The molecule has 0 aromatic heterocycles. The van der Waals surface area contributed by atoms with Gasteiger partial charge in [0.2, 0.25) is 5.91 Å². The first-order chi connectivity index (χ1) is 13.5. The summed E-state index contributed by atoms with van der Waals surface area (Å²) in [6, 6.07) is 11.9. The van der Waals surface area contributed by atoms with Crippen LogP contribution in [0.5, 0.6) is 17.2 Å². The molecule has 150 valence electrons. The molecule has 8 heteroatoms. The number of hydrogen-bond donors (Lipinski definition) is 2. The van der Waals surface area contributed by atoms with Gasteiger partial charge in [-0.2, -0.15) is 0 Å². The molecule has 0 spiro atoms. The maximum absolute atomic E-state index is 12.1.